The molecule has 25 heavy (non-hydrogen) atoms. The molecule has 0 saturated carbocycles. The number of aromatic nitrogens is 1. The van der Waals surface area contributed by atoms with E-state index < -0.39 is 17.8 Å². The number of aryl methyl sites for hydroxylation is 1. The van der Waals surface area contributed by atoms with E-state index in [1.165, 1.54) is 34.9 Å². The fourth-order valence-corrected chi connectivity index (χ4v) is 4.41. The first-order valence-electron chi connectivity index (χ1n) is 7.88. The van der Waals surface area contributed by atoms with Gasteiger partial charge in [-0.2, -0.15) is 0 Å². The number of amides is 2. The third-order valence-electron chi connectivity index (χ3n) is 3.90. The zero-order chi connectivity index (χ0) is 17.8. The van der Waals surface area contributed by atoms with Crippen molar-refractivity contribution in [1.82, 2.24) is 15.2 Å². The maximum Gasteiger partial charge on any atom is 0.258 e. The predicted molar refractivity (Wildman–Crippen MR) is 97.2 cm³/mol. The summed E-state index contributed by atoms with van der Waals surface area (Å²) in [6.07, 6.45) is 0.650. The van der Waals surface area contributed by atoms with Gasteiger partial charge in [-0.1, -0.05) is 12.1 Å². The minimum Gasteiger partial charge on any atom is -0.354 e. The van der Waals surface area contributed by atoms with E-state index in [9.17, 15) is 14.0 Å². The first kappa shape index (κ1) is 17.9. The van der Waals surface area contributed by atoms with Gasteiger partial charge in [-0.05, 0) is 19.1 Å². The molecule has 1 N–H and O–H groups in total. The molecule has 1 atom stereocenters. The summed E-state index contributed by atoms with van der Waals surface area (Å²) < 4.78 is 13.9. The lowest BCUT2D eigenvalue weighted by atomic mass is 10.1. The number of thioether (sulfide) groups is 1. The molecule has 1 fully saturated rings. The molecule has 2 amide bonds. The van der Waals surface area contributed by atoms with Gasteiger partial charge in [0.1, 0.15) is 11.9 Å². The van der Waals surface area contributed by atoms with E-state index in [0.29, 0.717) is 24.6 Å². The number of hydrogen-bond donors (Lipinski definition) is 1. The molecular formula is C17H18FN3O2S2. The highest BCUT2D eigenvalue weighted by atomic mass is 32.2. The molecule has 1 saturated heterocycles. The summed E-state index contributed by atoms with van der Waals surface area (Å²) >= 11 is 3.07. The molecule has 0 bridgehead atoms. The standard InChI is InChI=1S/C17H18FN3O2S2/c1-11-20-12(8-25-11)6-7-19-16(22)15-9-24-10-21(15)17(23)13-4-2-3-5-14(13)18/h2-5,8,15H,6-7,9-10H2,1H3,(H,19,22)/t15-/m1/s1. The van der Waals surface area contributed by atoms with Crippen LogP contribution in [-0.4, -0.2) is 45.9 Å². The Hall–Kier alpha value is -1.93. The molecule has 8 heteroatoms. The number of hydrogen-bond acceptors (Lipinski definition) is 5. The molecule has 0 aliphatic carbocycles. The second kappa shape index (κ2) is 7.97. The Morgan fingerprint density at radius 3 is 2.92 bits per heavy atom. The van der Waals surface area contributed by atoms with Crippen molar-refractivity contribution < 1.29 is 14.0 Å². The fourth-order valence-electron chi connectivity index (χ4n) is 2.60. The molecule has 1 aromatic heterocycles. The van der Waals surface area contributed by atoms with Crippen molar-refractivity contribution in [2.75, 3.05) is 18.2 Å². The van der Waals surface area contributed by atoms with Crippen molar-refractivity contribution >= 4 is 34.9 Å². The van der Waals surface area contributed by atoms with Crippen molar-refractivity contribution in [2.45, 2.75) is 19.4 Å². The van der Waals surface area contributed by atoms with E-state index in [4.69, 9.17) is 0 Å². The summed E-state index contributed by atoms with van der Waals surface area (Å²) in [6.45, 7) is 2.40. The van der Waals surface area contributed by atoms with Crippen LogP contribution in [0.1, 0.15) is 21.1 Å². The summed E-state index contributed by atoms with van der Waals surface area (Å²) in [5.41, 5.74) is 0.948. The second-order valence-electron chi connectivity index (χ2n) is 5.67. The Morgan fingerprint density at radius 2 is 2.20 bits per heavy atom. The van der Waals surface area contributed by atoms with Gasteiger partial charge in [0, 0.05) is 24.1 Å². The van der Waals surface area contributed by atoms with Crippen molar-refractivity contribution in [3.05, 3.63) is 51.7 Å². The average Bonchev–Trinajstić information content (AvgIpc) is 3.23. The van der Waals surface area contributed by atoms with Crippen LogP contribution in [0.4, 0.5) is 4.39 Å². The zero-order valence-corrected chi connectivity index (χ0v) is 15.3. The average molecular weight is 379 g/mol. The molecule has 0 radical (unpaired) electrons. The highest BCUT2D eigenvalue weighted by Crippen LogP contribution is 2.24. The zero-order valence-electron chi connectivity index (χ0n) is 13.7. The van der Waals surface area contributed by atoms with Crippen LogP contribution in [-0.2, 0) is 11.2 Å². The Morgan fingerprint density at radius 1 is 1.40 bits per heavy atom. The summed E-state index contributed by atoms with van der Waals surface area (Å²) in [4.78, 5) is 30.8. The normalized spacial score (nSPS) is 16.9. The smallest absolute Gasteiger partial charge is 0.258 e. The van der Waals surface area contributed by atoms with Crippen molar-refractivity contribution in [3.8, 4) is 0 Å². The molecular weight excluding hydrogens is 361 g/mol. The number of thiazole rings is 1. The van der Waals surface area contributed by atoms with Crippen molar-refractivity contribution in [3.63, 3.8) is 0 Å². The second-order valence-corrected chi connectivity index (χ2v) is 7.73. The van der Waals surface area contributed by atoms with Gasteiger partial charge in [-0.25, -0.2) is 9.37 Å². The van der Waals surface area contributed by atoms with Crippen molar-refractivity contribution in [2.24, 2.45) is 0 Å². The van der Waals surface area contributed by atoms with E-state index in [0.717, 1.165) is 10.7 Å². The molecule has 1 aliphatic rings. The first-order valence-corrected chi connectivity index (χ1v) is 9.91. The Labute approximate surface area is 153 Å². The van der Waals surface area contributed by atoms with Gasteiger partial charge in [0.05, 0.1) is 22.1 Å². The molecule has 0 spiro atoms. The van der Waals surface area contributed by atoms with Crippen LogP contribution in [0.2, 0.25) is 0 Å². The van der Waals surface area contributed by atoms with Gasteiger partial charge in [-0.15, -0.1) is 23.1 Å². The summed E-state index contributed by atoms with van der Waals surface area (Å²) in [5, 5.41) is 5.83. The van der Waals surface area contributed by atoms with Crippen LogP contribution in [0, 0.1) is 12.7 Å². The van der Waals surface area contributed by atoms with Gasteiger partial charge in [0.15, 0.2) is 0 Å². The van der Waals surface area contributed by atoms with E-state index in [1.807, 2.05) is 12.3 Å². The Bertz CT molecular complexity index is 781. The lowest BCUT2D eigenvalue weighted by molar-refractivity contribution is -0.124. The van der Waals surface area contributed by atoms with Crippen LogP contribution in [0.25, 0.3) is 0 Å². The van der Waals surface area contributed by atoms with Crippen LogP contribution in [0.5, 0.6) is 0 Å². The quantitative estimate of drug-likeness (QED) is 0.867. The number of carbonyl (C=O) groups is 2. The van der Waals surface area contributed by atoms with Crippen LogP contribution in [0.15, 0.2) is 29.6 Å². The van der Waals surface area contributed by atoms with Gasteiger partial charge in [0.25, 0.3) is 5.91 Å². The third-order valence-corrected chi connectivity index (χ3v) is 5.73. The van der Waals surface area contributed by atoms with Crippen LogP contribution >= 0.6 is 23.1 Å². The number of nitrogens with one attached hydrogen (secondary N) is 1. The summed E-state index contributed by atoms with van der Waals surface area (Å²) in [5.74, 6) is -0.319. The maximum absolute atomic E-state index is 13.9. The minimum atomic E-state index is -0.575. The molecule has 1 aromatic carbocycles. The van der Waals surface area contributed by atoms with E-state index in [-0.39, 0.29) is 11.5 Å². The monoisotopic (exact) mass is 379 g/mol. The van der Waals surface area contributed by atoms with E-state index >= 15 is 0 Å². The molecule has 5 nitrogen and oxygen atoms in total. The van der Waals surface area contributed by atoms with Crippen LogP contribution in [0.3, 0.4) is 0 Å². The number of nitrogens with zero attached hydrogens (tertiary/aromatic N) is 2. The lowest BCUT2D eigenvalue weighted by Gasteiger charge is -2.23. The van der Waals surface area contributed by atoms with Crippen molar-refractivity contribution in [1.29, 1.82) is 0 Å². The molecule has 1 aliphatic heterocycles. The SMILES string of the molecule is Cc1nc(CCNC(=O)[C@H]2CSCN2C(=O)c2ccccc2F)cs1. The van der Waals surface area contributed by atoms with Gasteiger partial charge in [0.2, 0.25) is 5.91 Å². The largest absolute Gasteiger partial charge is 0.354 e. The molecule has 0 unspecified atom stereocenters. The van der Waals surface area contributed by atoms with Gasteiger partial charge >= 0.3 is 0 Å². The highest BCUT2D eigenvalue weighted by molar-refractivity contribution is 7.99. The Kier molecular flexibility index (Phi) is 5.70. The lowest BCUT2D eigenvalue weighted by Crippen LogP contribution is -2.47. The predicted octanol–water partition coefficient (Wildman–Crippen LogP) is 2.46. The maximum atomic E-state index is 13.9. The van der Waals surface area contributed by atoms with Gasteiger partial charge in [-0.3, -0.25) is 9.59 Å². The molecule has 2 aromatic rings. The third kappa shape index (κ3) is 4.19. The molecule has 2 heterocycles. The summed E-state index contributed by atoms with van der Waals surface area (Å²) in [7, 11) is 0. The number of carbonyl (C=O) groups excluding carboxylic acids is 2. The minimum absolute atomic E-state index is 0.000693. The fraction of sp³-hybridized carbons (Fsp3) is 0.353. The summed E-state index contributed by atoms with van der Waals surface area (Å²) in [6, 6.07) is 5.27. The van der Waals surface area contributed by atoms with E-state index in [2.05, 4.69) is 10.3 Å². The molecule has 3 rings (SSSR count). The molecule has 132 valence electrons. The van der Waals surface area contributed by atoms with Gasteiger partial charge < -0.3 is 10.2 Å². The first-order chi connectivity index (χ1) is 12.1. The number of benzene rings is 1. The number of halogens is 1. The number of rotatable bonds is 5. The van der Waals surface area contributed by atoms with E-state index in [1.54, 1.807) is 17.4 Å². The highest BCUT2D eigenvalue weighted by Gasteiger charge is 2.35. The topological polar surface area (TPSA) is 62.3 Å². The Balaban J connectivity index is 1.59. The van der Waals surface area contributed by atoms with Crippen LogP contribution < -0.4 is 5.32 Å².